The summed E-state index contributed by atoms with van der Waals surface area (Å²) in [4.78, 5) is 26.2. The second-order valence-electron chi connectivity index (χ2n) is 6.74. The molecule has 1 aliphatic rings. The van der Waals surface area contributed by atoms with E-state index < -0.39 is 0 Å². The first-order valence-corrected chi connectivity index (χ1v) is 10.6. The maximum atomic E-state index is 12.4. The highest BCUT2D eigenvalue weighted by molar-refractivity contribution is 8.00. The molecule has 27 heavy (non-hydrogen) atoms. The zero-order valence-corrected chi connectivity index (χ0v) is 16.5. The third-order valence-electron chi connectivity index (χ3n) is 4.64. The molecule has 142 valence electrons. The first-order valence-electron chi connectivity index (χ1n) is 9.57. The molecule has 1 atom stereocenters. The summed E-state index contributed by atoms with van der Waals surface area (Å²) in [5, 5.41) is 2.93. The summed E-state index contributed by atoms with van der Waals surface area (Å²) in [7, 11) is 0. The zero-order valence-electron chi connectivity index (χ0n) is 15.7. The van der Waals surface area contributed by atoms with Crippen molar-refractivity contribution in [1.82, 2.24) is 0 Å². The van der Waals surface area contributed by atoms with Gasteiger partial charge in [-0.05, 0) is 36.2 Å². The first kappa shape index (κ1) is 19.5. The molecule has 0 aromatic heterocycles. The lowest BCUT2D eigenvalue weighted by Crippen LogP contribution is -2.27. The van der Waals surface area contributed by atoms with Crippen LogP contribution in [0.25, 0.3) is 0 Å². The van der Waals surface area contributed by atoms with E-state index in [1.807, 2.05) is 59.5 Å². The zero-order chi connectivity index (χ0) is 19.1. The van der Waals surface area contributed by atoms with Crippen LogP contribution in [0.5, 0.6) is 0 Å². The molecule has 0 bridgehead atoms. The fourth-order valence-corrected chi connectivity index (χ4v) is 4.38. The minimum atomic E-state index is -0.0290. The van der Waals surface area contributed by atoms with Crippen LogP contribution in [0.1, 0.15) is 50.0 Å². The van der Waals surface area contributed by atoms with Crippen LogP contribution >= 0.6 is 11.8 Å². The number of hydrogen-bond acceptors (Lipinski definition) is 3. The Morgan fingerprint density at radius 3 is 2.52 bits per heavy atom. The van der Waals surface area contributed by atoms with E-state index in [-0.39, 0.29) is 17.2 Å². The van der Waals surface area contributed by atoms with E-state index in [2.05, 4.69) is 12.2 Å². The van der Waals surface area contributed by atoms with Gasteiger partial charge in [-0.1, -0.05) is 56.5 Å². The monoisotopic (exact) mass is 382 g/mol. The molecule has 2 amide bonds. The molecule has 5 heteroatoms. The average Bonchev–Trinajstić information content (AvgIpc) is 3.08. The van der Waals surface area contributed by atoms with Crippen LogP contribution in [0, 0.1) is 0 Å². The van der Waals surface area contributed by atoms with Crippen molar-refractivity contribution in [3.8, 4) is 0 Å². The van der Waals surface area contributed by atoms with Gasteiger partial charge >= 0.3 is 0 Å². The van der Waals surface area contributed by atoms with E-state index in [0.717, 1.165) is 29.8 Å². The third kappa shape index (κ3) is 5.13. The molecule has 2 aromatic carbocycles. The molecule has 0 spiro atoms. The molecule has 1 saturated heterocycles. The van der Waals surface area contributed by atoms with Crippen LogP contribution in [-0.4, -0.2) is 17.6 Å². The van der Waals surface area contributed by atoms with Crippen LogP contribution in [0.3, 0.4) is 0 Å². The fourth-order valence-electron chi connectivity index (χ4n) is 3.21. The first-order chi connectivity index (χ1) is 13.2. The maximum Gasteiger partial charge on any atom is 0.238 e. The molecule has 0 unspecified atom stereocenters. The largest absolute Gasteiger partial charge is 0.326 e. The Balaban J connectivity index is 1.63. The molecule has 4 nitrogen and oxygen atoms in total. The van der Waals surface area contributed by atoms with E-state index in [4.69, 9.17) is 0 Å². The van der Waals surface area contributed by atoms with Gasteiger partial charge < -0.3 is 5.32 Å². The van der Waals surface area contributed by atoms with E-state index >= 15 is 0 Å². The Kier molecular flexibility index (Phi) is 6.93. The van der Waals surface area contributed by atoms with Crippen molar-refractivity contribution in [3.63, 3.8) is 0 Å². The van der Waals surface area contributed by atoms with E-state index in [0.29, 0.717) is 12.2 Å². The number of carbonyl (C=O) groups excluding carboxylic acids is 2. The SMILES string of the molecule is CCCCCCC(=O)Nc1ccc([C@H]2SCC(=O)N2c2ccccc2)cc1. The summed E-state index contributed by atoms with van der Waals surface area (Å²) in [6, 6.07) is 17.6. The molecular formula is C22H26N2O2S. The van der Waals surface area contributed by atoms with Crippen molar-refractivity contribution in [2.75, 3.05) is 16.0 Å². The number of rotatable bonds is 8. The van der Waals surface area contributed by atoms with Gasteiger partial charge in [-0.15, -0.1) is 11.8 Å². The van der Waals surface area contributed by atoms with Gasteiger partial charge in [-0.25, -0.2) is 0 Å². The highest BCUT2D eigenvalue weighted by atomic mass is 32.2. The van der Waals surface area contributed by atoms with Crippen LogP contribution < -0.4 is 10.2 Å². The Morgan fingerprint density at radius 1 is 1.07 bits per heavy atom. The van der Waals surface area contributed by atoms with Crippen molar-refractivity contribution in [1.29, 1.82) is 0 Å². The average molecular weight is 383 g/mol. The maximum absolute atomic E-state index is 12.4. The van der Waals surface area contributed by atoms with Gasteiger partial charge in [0.15, 0.2) is 0 Å². The van der Waals surface area contributed by atoms with Gasteiger partial charge in [0.05, 0.1) is 5.75 Å². The summed E-state index contributed by atoms with van der Waals surface area (Å²) in [6.07, 6.45) is 4.95. The number of para-hydroxylation sites is 1. The number of anilines is 2. The molecule has 1 fully saturated rings. The molecule has 1 aliphatic heterocycles. The van der Waals surface area contributed by atoms with Crippen molar-refractivity contribution in [3.05, 3.63) is 60.2 Å². The van der Waals surface area contributed by atoms with Gasteiger partial charge in [-0.3, -0.25) is 14.5 Å². The van der Waals surface area contributed by atoms with E-state index in [1.165, 1.54) is 12.8 Å². The number of hydrogen-bond donors (Lipinski definition) is 1. The van der Waals surface area contributed by atoms with Gasteiger partial charge in [0.1, 0.15) is 5.37 Å². The quantitative estimate of drug-likeness (QED) is 0.624. The number of carbonyl (C=O) groups is 2. The number of amides is 2. The van der Waals surface area contributed by atoms with E-state index in [9.17, 15) is 9.59 Å². The predicted octanol–water partition coefficient (Wildman–Crippen LogP) is 5.37. The molecule has 1 N–H and O–H groups in total. The Bertz CT molecular complexity index is 762. The van der Waals surface area contributed by atoms with E-state index in [1.54, 1.807) is 11.8 Å². The lowest BCUT2D eigenvalue weighted by Gasteiger charge is -2.24. The number of unbranched alkanes of at least 4 members (excludes halogenated alkanes) is 3. The summed E-state index contributed by atoms with van der Waals surface area (Å²) < 4.78 is 0. The van der Waals surface area contributed by atoms with Gasteiger partial charge in [-0.2, -0.15) is 0 Å². The molecule has 0 radical (unpaired) electrons. The smallest absolute Gasteiger partial charge is 0.238 e. The number of thioether (sulfide) groups is 1. The summed E-state index contributed by atoms with van der Waals surface area (Å²) >= 11 is 1.63. The standard InChI is InChI=1S/C22H26N2O2S/c1-2-3-4-8-11-20(25)23-18-14-12-17(13-15-18)22-24(21(26)16-27-22)19-9-6-5-7-10-19/h5-7,9-10,12-15,22H,2-4,8,11,16H2,1H3,(H,23,25)/t22-/m1/s1. The van der Waals surface area contributed by atoms with Crippen LogP contribution in [0.2, 0.25) is 0 Å². The molecule has 0 saturated carbocycles. The second-order valence-corrected chi connectivity index (χ2v) is 7.81. The Morgan fingerprint density at radius 2 is 1.81 bits per heavy atom. The summed E-state index contributed by atoms with van der Waals surface area (Å²) in [6.45, 7) is 2.16. The number of nitrogens with one attached hydrogen (secondary N) is 1. The topological polar surface area (TPSA) is 49.4 Å². The molecule has 0 aliphatic carbocycles. The lowest BCUT2D eigenvalue weighted by molar-refractivity contribution is -0.116. The van der Waals surface area contributed by atoms with Crippen LogP contribution in [-0.2, 0) is 9.59 Å². The normalized spacial score (nSPS) is 16.6. The molecular weight excluding hydrogens is 356 g/mol. The van der Waals surface area contributed by atoms with Crippen LogP contribution in [0.15, 0.2) is 54.6 Å². The number of nitrogens with zero attached hydrogens (tertiary/aromatic N) is 1. The summed E-state index contributed by atoms with van der Waals surface area (Å²) in [5.74, 6) is 0.673. The third-order valence-corrected chi connectivity index (χ3v) is 5.85. The van der Waals surface area contributed by atoms with Gasteiger partial charge in [0.2, 0.25) is 11.8 Å². The van der Waals surface area contributed by atoms with Crippen molar-refractivity contribution in [2.45, 2.75) is 44.4 Å². The van der Waals surface area contributed by atoms with Gasteiger partial charge in [0.25, 0.3) is 0 Å². The van der Waals surface area contributed by atoms with Crippen molar-refractivity contribution >= 4 is 35.0 Å². The van der Waals surface area contributed by atoms with Crippen molar-refractivity contribution in [2.24, 2.45) is 0 Å². The van der Waals surface area contributed by atoms with Crippen molar-refractivity contribution < 1.29 is 9.59 Å². The Hall–Kier alpha value is -2.27. The number of benzene rings is 2. The predicted molar refractivity (Wildman–Crippen MR) is 113 cm³/mol. The summed E-state index contributed by atoms with van der Waals surface area (Å²) in [5.41, 5.74) is 2.79. The second kappa shape index (κ2) is 9.60. The highest BCUT2D eigenvalue weighted by Crippen LogP contribution is 2.41. The molecule has 3 rings (SSSR count). The minimum absolute atomic E-state index is 0.0290. The lowest BCUT2D eigenvalue weighted by atomic mass is 10.1. The minimum Gasteiger partial charge on any atom is -0.326 e. The fraction of sp³-hybridized carbons (Fsp3) is 0.364. The molecule has 1 heterocycles. The van der Waals surface area contributed by atoms with Crippen LogP contribution in [0.4, 0.5) is 11.4 Å². The molecule has 2 aromatic rings. The Labute approximate surface area is 165 Å². The van der Waals surface area contributed by atoms with Gasteiger partial charge in [0, 0.05) is 17.8 Å². The highest BCUT2D eigenvalue weighted by Gasteiger charge is 2.33.